The van der Waals surface area contributed by atoms with E-state index in [1.54, 1.807) is 0 Å². The number of para-hydroxylation sites is 1. The first-order valence-corrected chi connectivity index (χ1v) is 9.65. The molecule has 1 heterocycles. The fraction of sp³-hybridized carbons (Fsp3) is 0.227. The number of rotatable bonds is 7. The second-order valence-electron chi connectivity index (χ2n) is 6.52. The summed E-state index contributed by atoms with van der Waals surface area (Å²) in [6.07, 6.45) is 4.72. The second kappa shape index (κ2) is 9.33. The van der Waals surface area contributed by atoms with Crippen LogP contribution in [0.5, 0.6) is 0 Å². The van der Waals surface area contributed by atoms with Gasteiger partial charge in [0.25, 0.3) is 5.91 Å². The largest absolute Gasteiger partial charge is 0.352 e. The van der Waals surface area contributed by atoms with E-state index < -0.39 is 0 Å². The lowest BCUT2D eigenvalue weighted by molar-refractivity contribution is 0.0953. The number of carbonyl (C=O) groups is 1. The molecule has 0 saturated carbocycles. The SMILES string of the molecule is CCc1cccc(C)c1Nc1ncc(C(=O)NCCc2ccc(Cl)cc2)cn1. The van der Waals surface area contributed by atoms with Crippen LogP contribution in [0.3, 0.4) is 0 Å². The van der Waals surface area contributed by atoms with Gasteiger partial charge in [-0.25, -0.2) is 9.97 Å². The minimum atomic E-state index is -0.189. The fourth-order valence-corrected chi connectivity index (χ4v) is 3.02. The number of amides is 1. The topological polar surface area (TPSA) is 66.9 Å². The van der Waals surface area contributed by atoms with E-state index >= 15 is 0 Å². The summed E-state index contributed by atoms with van der Waals surface area (Å²) in [7, 11) is 0. The maximum absolute atomic E-state index is 12.3. The van der Waals surface area contributed by atoms with Gasteiger partial charge in [0.15, 0.2) is 0 Å². The van der Waals surface area contributed by atoms with Crippen molar-refractivity contribution in [3.8, 4) is 0 Å². The quantitative estimate of drug-likeness (QED) is 0.608. The molecule has 0 fully saturated rings. The van der Waals surface area contributed by atoms with Crippen LogP contribution in [0.1, 0.15) is 34.0 Å². The minimum Gasteiger partial charge on any atom is -0.352 e. The Labute approximate surface area is 170 Å². The van der Waals surface area contributed by atoms with Crippen LogP contribution in [0.2, 0.25) is 5.02 Å². The molecule has 2 N–H and O–H groups in total. The van der Waals surface area contributed by atoms with Crippen molar-refractivity contribution in [3.63, 3.8) is 0 Å². The minimum absolute atomic E-state index is 0.189. The zero-order chi connectivity index (χ0) is 19.9. The predicted molar refractivity (Wildman–Crippen MR) is 113 cm³/mol. The first-order valence-electron chi connectivity index (χ1n) is 9.27. The average molecular weight is 395 g/mol. The molecule has 0 saturated heterocycles. The lowest BCUT2D eigenvalue weighted by Gasteiger charge is -2.13. The summed E-state index contributed by atoms with van der Waals surface area (Å²) >= 11 is 5.88. The molecule has 0 bridgehead atoms. The highest BCUT2D eigenvalue weighted by Crippen LogP contribution is 2.23. The van der Waals surface area contributed by atoms with Crippen LogP contribution in [0, 0.1) is 6.92 Å². The lowest BCUT2D eigenvalue weighted by Crippen LogP contribution is -2.26. The number of aryl methyl sites for hydroxylation is 2. The number of hydrogen-bond acceptors (Lipinski definition) is 4. The van der Waals surface area contributed by atoms with Crippen LogP contribution < -0.4 is 10.6 Å². The van der Waals surface area contributed by atoms with Crippen molar-refractivity contribution in [1.29, 1.82) is 0 Å². The van der Waals surface area contributed by atoms with Crippen molar-refractivity contribution in [2.75, 3.05) is 11.9 Å². The Morgan fingerprint density at radius 2 is 1.79 bits per heavy atom. The summed E-state index contributed by atoms with van der Waals surface area (Å²) in [4.78, 5) is 20.9. The van der Waals surface area contributed by atoms with Gasteiger partial charge >= 0.3 is 0 Å². The van der Waals surface area contributed by atoms with Crippen molar-refractivity contribution >= 4 is 29.1 Å². The summed E-state index contributed by atoms with van der Waals surface area (Å²) in [6.45, 7) is 4.69. The van der Waals surface area contributed by atoms with Crippen LogP contribution in [-0.4, -0.2) is 22.4 Å². The summed E-state index contributed by atoms with van der Waals surface area (Å²) in [5.41, 5.74) is 4.90. The third kappa shape index (κ3) is 5.08. The van der Waals surface area contributed by atoms with Crippen LogP contribution >= 0.6 is 11.6 Å². The number of benzene rings is 2. The molecule has 0 radical (unpaired) electrons. The number of anilines is 2. The number of aromatic nitrogens is 2. The summed E-state index contributed by atoms with van der Waals surface area (Å²) in [5, 5.41) is 6.85. The summed E-state index contributed by atoms with van der Waals surface area (Å²) < 4.78 is 0. The maximum atomic E-state index is 12.3. The van der Waals surface area contributed by atoms with Crippen molar-refractivity contribution < 1.29 is 4.79 Å². The molecule has 1 aromatic heterocycles. The van der Waals surface area contributed by atoms with Gasteiger partial charge in [-0.15, -0.1) is 0 Å². The molecule has 6 heteroatoms. The Bertz CT molecular complexity index is 940. The number of nitrogens with zero attached hydrogens (tertiary/aromatic N) is 2. The van der Waals surface area contributed by atoms with Gasteiger partial charge in [-0.3, -0.25) is 4.79 Å². The van der Waals surface area contributed by atoms with Crippen molar-refractivity contribution in [3.05, 3.63) is 82.1 Å². The van der Waals surface area contributed by atoms with Crippen molar-refractivity contribution in [2.24, 2.45) is 0 Å². The Hall–Kier alpha value is -2.92. The molecule has 3 aromatic rings. The average Bonchev–Trinajstić information content (AvgIpc) is 2.71. The summed E-state index contributed by atoms with van der Waals surface area (Å²) in [6, 6.07) is 13.8. The highest BCUT2D eigenvalue weighted by atomic mass is 35.5. The fourth-order valence-electron chi connectivity index (χ4n) is 2.90. The molecule has 1 amide bonds. The zero-order valence-corrected chi connectivity index (χ0v) is 16.8. The highest BCUT2D eigenvalue weighted by Gasteiger charge is 2.09. The number of carbonyl (C=O) groups excluding carboxylic acids is 1. The molecule has 144 valence electrons. The van der Waals surface area contributed by atoms with Crippen LogP contribution in [0.15, 0.2) is 54.9 Å². The maximum Gasteiger partial charge on any atom is 0.254 e. The Morgan fingerprint density at radius 3 is 2.46 bits per heavy atom. The molecule has 0 unspecified atom stereocenters. The molecule has 0 aliphatic heterocycles. The van der Waals surface area contributed by atoms with Gasteiger partial charge in [-0.05, 0) is 48.6 Å². The molecule has 0 spiro atoms. The molecule has 0 aliphatic rings. The van der Waals surface area contributed by atoms with E-state index in [0.717, 1.165) is 29.7 Å². The van der Waals surface area contributed by atoms with Crippen LogP contribution in [0.4, 0.5) is 11.6 Å². The van der Waals surface area contributed by atoms with E-state index in [1.165, 1.54) is 18.0 Å². The van der Waals surface area contributed by atoms with Gasteiger partial charge in [-0.2, -0.15) is 0 Å². The lowest BCUT2D eigenvalue weighted by atomic mass is 10.1. The monoisotopic (exact) mass is 394 g/mol. The second-order valence-corrected chi connectivity index (χ2v) is 6.95. The Kier molecular flexibility index (Phi) is 6.61. The first kappa shape index (κ1) is 19.8. The molecule has 28 heavy (non-hydrogen) atoms. The Morgan fingerprint density at radius 1 is 1.07 bits per heavy atom. The normalized spacial score (nSPS) is 10.5. The van der Waals surface area contributed by atoms with E-state index in [-0.39, 0.29) is 5.91 Å². The number of halogens is 1. The van der Waals surface area contributed by atoms with Crippen molar-refractivity contribution in [1.82, 2.24) is 15.3 Å². The predicted octanol–water partition coefficient (Wildman–Crippen LogP) is 4.72. The molecule has 0 atom stereocenters. The van der Waals surface area contributed by atoms with Crippen LogP contribution in [0.25, 0.3) is 0 Å². The molecule has 2 aromatic carbocycles. The van der Waals surface area contributed by atoms with Gasteiger partial charge in [0.05, 0.1) is 5.56 Å². The van der Waals surface area contributed by atoms with E-state index in [2.05, 4.69) is 33.6 Å². The van der Waals surface area contributed by atoms with Crippen LogP contribution in [-0.2, 0) is 12.8 Å². The third-order valence-corrected chi connectivity index (χ3v) is 4.76. The smallest absolute Gasteiger partial charge is 0.254 e. The summed E-state index contributed by atoms with van der Waals surface area (Å²) in [5.74, 6) is 0.285. The van der Waals surface area contributed by atoms with Gasteiger partial charge in [0, 0.05) is 29.6 Å². The molecule has 0 aliphatic carbocycles. The Balaban J connectivity index is 1.58. The van der Waals surface area contributed by atoms with Gasteiger partial charge in [0.1, 0.15) is 0 Å². The van der Waals surface area contributed by atoms with E-state index in [0.29, 0.717) is 23.1 Å². The third-order valence-electron chi connectivity index (χ3n) is 4.50. The molecular formula is C22H23ClN4O. The molecule has 5 nitrogen and oxygen atoms in total. The molecular weight excluding hydrogens is 372 g/mol. The molecule has 3 rings (SSSR count). The van der Waals surface area contributed by atoms with Gasteiger partial charge < -0.3 is 10.6 Å². The number of nitrogens with one attached hydrogen (secondary N) is 2. The van der Waals surface area contributed by atoms with E-state index in [4.69, 9.17) is 11.6 Å². The standard InChI is InChI=1S/C22H23ClN4O/c1-3-17-6-4-5-15(2)20(17)27-22-25-13-18(14-26-22)21(28)24-12-11-16-7-9-19(23)10-8-16/h4-10,13-14H,3,11-12H2,1-2H3,(H,24,28)(H,25,26,27). The van der Waals surface area contributed by atoms with E-state index in [9.17, 15) is 4.79 Å². The van der Waals surface area contributed by atoms with E-state index in [1.807, 2.05) is 43.3 Å². The van der Waals surface area contributed by atoms with Gasteiger partial charge in [0.2, 0.25) is 5.95 Å². The number of hydrogen-bond donors (Lipinski definition) is 2. The zero-order valence-electron chi connectivity index (χ0n) is 16.0. The van der Waals surface area contributed by atoms with Gasteiger partial charge in [-0.1, -0.05) is 48.9 Å². The first-order chi connectivity index (χ1) is 13.6. The highest BCUT2D eigenvalue weighted by molar-refractivity contribution is 6.30. The van der Waals surface area contributed by atoms with Crippen molar-refractivity contribution in [2.45, 2.75) is 26.7 Å².